The lowest BCUT2D eigenvalue weighted by molar-refractivity contribution is -0.202. The minimum atomic E-state index is 0.0431. The van der Waals surface area contributed by atoms with Crippen molar-refractivity contribution in [2.45, 2.75) is 25.0 Å². The Morgan fingerprint density at radius 3 is 2.45 bits per heavy atom. The van der Waals surface area contributed by atoms with Gasteiger partial charge in [0.1, 0.15) is 0 Å². The van der Waals surface area contributed by atoms with Crippen LogP contribution in [0.15, 0.2) is 0 Å². The molecule has 1 aliphatic carbocycles. The van der Waals surface area contributed by atoms with Crippen molar-refractivity contribution in [3.8, 4) is 0 Å². The normalized spacial score (nSPS) is 48.5. The van der Waals surface area contributed by atoms with Gasteiger partial charge in [0, 0.05) is 12.5 Å². The molecule has 4 unspecified atom stereocenters. The van der Waals surface area contributed by atoms with Gasteiger partial charge < -0.3 is 14.9 Å². The number of hydrogen-bond acceptors (Lipinski definition) is 3. The van der Waals surface area contributed by atoms with Crippen molar-refractivity contribution in [1.29, 1.82) is 0 Å². The number of aliphatic hydroxyl groups is 2. The Bertz CT molecular complexity index is 136. The van der Waals surface area contributed by atoms with Gasteiger partial charge in [-0.15, -0.1) is 0 Å². The highest BCUT2D eigenvalue weighted by Gasteiger charge is 2.47. The van der Waals surface area contributed by atoms with E-state index in [1.54, 1.807) is 0 Å². The van der Waals surface area contributed by atoms with E-state index in [4.69, 9.17) is 14.9 Å². The number of rotatable bonds is 2. The van der Waals surface area contributed by atoms with Crippen LogP contribution in [0.1, 0.15) is 12.8 Å². The molecular formula is C8H14O3. The van der Waals surface area contributed by atoms with Gasteiger partial charge in [0.15, 0.2) is 0 Å². The van der Waals surface area contributed by atoms with Crippen molar-refractivity contribution >= 4 is 0 Å². The third-order valence-corrected chi connectivity index (χ3v) is 2.97. The van der Waals surface area contributed by atoms with Gasteiger partial charge in [-0.3, -0.25) is 0 Å². The number of fused-ring (bicyclic) bond motifs is 2. The average molecular weight is 158 g/mol. The maximum absolute atomic E-state index is 8.91. The molecule has 11 heavy (non-hydrogen) atoms. The number of hydrogen-bond donors (Lipinski definition) is 2. The predicted octanol–water partition coefficient (Wildman–Crippen LogP) is -0.235. The summed E-state index contributed by atoms with van der Waals surface area (Å²) in [5.41, 5.74) is 0. The molecule has 3 heteroatoms. The van der Waals surface area contributed by atoms with Crippen LogP contribution in [0.3, 0.4) is 0 Å². The zero-order valence-electron chi connectivity index (χ0n) is 6.44. The molecule has 0 aromatic heterocycles. The molecule has 0 amide bonds. The minimum Gasteiger partial charge on any atom is -0.396 e. The van der Waals surface area contributed by atoms with E-state index in [0.717, 1.165) is 12.8 Å². The van der Waals surface area contributed by atoms with E-state index < -0.39 is 0 Å². The Labute approximate surface area is 66.0 Å². The predicted molar refractivity (Wildman–Crippen MR) is 39.0 cm³/mol. The first kappa shape index (κ1) is 7.53. The first-order valence-corrected chi connectivity index (χ1v) is 4.22. The second-order valence-corrected chi connectivity index (χ2v) is 3.56. The zero-order valence-corrected chi connectivity index (χ0v) is 6.44. The summed E-state index contributed by atoms with van der Waals surface area (Å²) in [6.07, 6.45) is 2.29. The lowest BCUT2D eigenvalue weighted by Crippen LogP contribution is -2.54. The van der Waals surface area contributed by atoms with E-state index >= 15 is 0 Å². The zero-order chi connectivity index (χ0) is 7.84. The van der Waals surface area contributed by atoms with Gasteiger partial charge in [0.05, 0.1) is 18.8 Å². The number of ether oxygens (including phenoxy) is 1. The highest BCUT2D eigenvalue weighted by molar-refractivity contribution is 4.95. The molecule has 4 atom stereocenters. The largest absolute Gasteiger partial charge is 0.396 e. The summed E-state index contributed by atoms with van der Waals surface area (Å²) in [6, 6.07) is 0. The highest BCUT2D eigenvalue weighted by atomic mass is 16.5. The topological polar surface area (TPSA) is 49.7 Å². The molecule has 2 heterocycles. The molecule has 3 fully saturated rings. The molecule has 1 saturated carbocycles. The molecule has 2 saturated heterocycles. The van der Waals surface area contributed by atoms with Crippen molar-refractivity contribution in [2.24, 2.45) is 11.8 Å². The van der Waals surface area contributed by atoms with Crippen LogP contribution in [-0.4, -0.2) is 35.6 Å². The monoisotopic (exact) mass is 158 g/mol. The summed E-state index contributed by atoms with van der Waals surface area (Å²) in [5, 5.41) is 17.7. The van der Waals surface area contributed by atoms with Crippen LogP contribution < -0.4 is 0 Å². The summed E-state index contributed by atoms with van der Waals surface area (Å²) >= 11 is 0. The first-order valence-electron chi connectivity index (χ1n) is 4.22. The van der Waals surface area contributed by atoms with Crippen molar-refractivity contribution < 1.29 is 14.9 Å². The van der Waals surface area contributed by atoms with Gasteiger partial charge in [-0.05, 0) is 18.8 Å². The van der Waals surface area contributed by atoms with Gasteiger partial charge in [0.2, 0.25) is 0 Å². The lowest BCUT2D eigenvalue weighted by atomic mass is 9.66. The average Bonchev–Trinajstić information content (AvgIpc) is 2.05. The fourth-order valence-corrected chi connectivity index (χ4v) is 2.21. The third kappa shape index (κ3) is 1.08. The quantitative estimate of drug-likeness (QED) is 0.583. The molecule has 2 bridgehead atoms. The number of aliphatic hydroxyl groups excluding tert-OH is 2. The van der Waals surface area contributed by atoms with Crippen LogP contribution >= 0.6 is 0 Å². The van der Waals surface area contributed by atoms with Gasteiger partial charge in [-0.25, -0.2) is 0 Å². The lowest BCUT2D eigenvalue weighted by Gasteiger charge is -2.51. The fourth-order valence-electron chi connectivity index (χ4n) is 2.21. The van der Waals surface area contributed by atoms with Crippen molar-refractivity contribution in [3.63, 3.8) is 0 Å². The van der Waals surface area contributed by atoms with E-state index in [1.807, 2.05) is 0 Å². The fraction of sp³-hybridized carbons (Fsp3) is 1.00. The summed E-state index contributed by atoms with van der Waals surface area (Å²) in [5.74, 6) is 0.966. The van der Waals surface area contributed by atoms with Crippen LogP contribution in [0, 0.1) is 11.8 Å². The Kier molecular flexibility index (Phi) is 1.87. The molecule has 3 aliphatic rings. The van der Waals surface area contributed by atoms with E-state index in [9.17, 15) is 0 Å². The highest BCUT2D eigenvalue weighted by Crippen LogP contribution is 2.45. The van der Waals surface area contributed by atoms with E-state index in [-0.39, 0.29) is 25.4 Å². The molecule has 0 aromatic carbocycles. The molecular weight excluding hydrogens is 144 g/mol. The Morgan fingerprint density at radius 1 is 1.18 bits per heavy atom. The summed E-state index contributed by atoms with van der Waals surface area (Å²) in [7, 11) is 0. The van der Waals surface area contributed by atoms with Crippen LogP contribution in [0.4, 0.5) is 0 Å². The second kappa shape index (κ2) is 2.73. The van der Waals surface area contributed by atoms with Gasteiger partial charge in [-0.2, -0.15) is 0 Å². The first-order chi connectivity index (χ1) is 5.35. The maximum atomic E-state index is 8.91. The SMILES string of the molecule is OCC1CC2CC(O1)C2CO. The smallest absolute Gasteiger partial charge is 0.0812 e. The van der Waals surface area contributed by atoms with E-state index in [0.29, 0.717) is 11.8 Å². The van der Waals surface area contributed by atoms with Crippen LogP contribution in [0.2, 0.25) is 0 Å². The molecule has 0 radical (unpaired) electrons. The minimum absolute atomic E-state index is 0.0431. The summed E-state index contributed by atoms with van der Waals surface area (Å²) in [6.45, 7) is 0.374. The van der Waals surface area contributed by atoms with E-state index in [1.165, 1.54) is 0 Å². The second-order valence-electron chi connectivity index (χ2n) is 3.56. The molecule has 0 aromatic rings. The van der Waals surface area contributed by atoms with Crippen LogP contribution in [0.25, 0.3) is 0 Å². The van der Waals surface area contributed by atoms with Crippen LogP contribution in [-0.2, 0) is 4.74 Å². The standard InChI is InChI=1S/C8H14O3/c9-3-6-1-5-2-8(11-6)7(5)4-10/h5-10H,1-4H2. The summed E-state index contributed by atoms with van der Waals surface area (Å²) < 4.78 is 5.49. The van der Waals surface area contributed by atoms with E-state index in [2.05, 4.69) is 0 Å². The van der Waals surface area contributed by atoms with Gasteiger partial charge in [-0.1, -0.05) is 0 Å². The van der Waals surface area contributed by atoms with Gasteiger partial charge >= 0.3 is 0 Å². The Balaban J connectivity index is 1.91. The molecule has 3 nitrogen and oxygen atoms in total. The molecule has 2 aliphatic heterocycles. The third-order valence-electron chi connectivity index (χ3n) is 2.97. The summed E-state index contributed by atoms with van der Waals surface area (Å²) in [4.78, 5) is 0. The molecule has 0 spiro atoms. The van der Waals surface area contributed by atoms with Crippen molar-refractivity contribution in [3.05, 3.63) is 0 Å². The maximum Gasteiger partial charge on any atom is 0.0812 e. The van der Waals surface area contributed by atoms with Crippen molar-refractivity contribution in [2.75, 3.05) is 13.2 Å². The molecule has 64 valence electrons. The molecule has 3 rings (SSSR count). The molecule has 2 N–H and O–H groups in total. The Morgan fingerprint density at radius 2 is 2.00 bits per heavy atom. The van der Waals surface area contributed by atoms with Crippen molar-refractivity contribution in [1.82, 2.24) is 0 Å². The van der Waals surface area contributed by atoms with Gasteiger partial charge in [0.25, 0.3) is 0 Å². The van der Waals surface area contributed by atoms with Crippen LogP contribution in [0.5, 0.6) is 0 Å². The Hall–Kier alpha value is -0.120.